The molecule has 3 aromatic rings. The topological polar surface area (TPSA) is 45.7 Å². The second-order valence-electron chi connectivity index (χ2n) is 6.38. The van der Waals surface area contributed by atoms with Gasteiger partial charge in [-0.25, -0.2) is 9.37 Å². The van der Waals surface area contributed by atoms with E-state index in [-0.39, 0.29) is 24.1 Å². The molecule has 5 nitrogen and oxygen atoms in total. The average molecular weight is 454 g/mol. The maximum absolute atomic E-state index is 14.1. The monoisotopic (exact) mass is 453 g/mol. The number of halogens is 2. The Bertz CT molecular complexity index is 971. The van der Waals surface area contributed by atoms with E-state index in [1.165, 1.54) is 17.4 Å². The van der Waals surface area contributed by atoms with Gasteiger partial charge >= 0.3 is 0 Å². The molecule has 1 aromatic carbocycles. The number of hydrogen-bond donors (Lipinski definition) is 0. The highest BCUT2D eigenvalue weighted by molar-refractivity contribution is 7.22. The first kappa shape index (κ1) is 21.9. The number of aromatic nitrogens is 1. The molecule has 1 amide bonds. The van der Waals surface area contributed by atoms with Gasteiger partial charge in [0.15, 0.2) is 5.13 Å². The summed E-state index contributed by atoms with van der Waals surface area (Å²) < 4.78 is 20.2. The van der Waals surface area contributed by atoms with E-state index in [2.05, 4.69) is 9.88 Å². The number of para-hydroxylation sites is 1. The first-order chi connectivity index (χ1) is 13.7. The number of rotatable bonds is 6. The highest BCUT2D eigenvalue weighted by Gasteiger charge is 2.21. The predicted molar refractivity (Wildman–Crippen MR) is 120 cm³/mol. The summed E-state index contributed by atoms with van der Waals surface area (Å²) in [5, 5.41) is 2.49. The molecule has 1 saturated heterocycles. The first-order valence-corrected chi connectivity index (χ1v) is 10.8. The molecule has 1 aliphatic rings. The summed E-state index contributed by atoms with van der Waals surface area (Å²) in [6.45, 7) is 4.33. The quantitative estimate of drug-likeness (QED) is 0.522. The van der Waals surface area contributed by atoms with Gasteiger partial charge in [-0.3, -0.25) is 14.6 Å². The van der Waals surface area contributed by atoms with Crippen LogP contribution in [-0.2, 0) is 9.53 Å². The van der Waals surface area contributed by atoms with Crippen LogP contribution in [0.4, 0.5) is 9.52 Å². The summed E-state index contributed by atoms with van der Waals surface area (Å²) >= 11 is 2.91. The van der Waals surface area contributed by atoms with Crippen molar-refractivity contribution < 1.29 is 13.9 Å². The van der Waals surface area contributed by atoms with Crippen molar-refractivity contribution in [1.29, 1.82) is 0 Å². The Kier molecular flexibility index (Phi) is 7.74. The Labute approximate surface area is 182 Å². The lowest BCUT2D eigenvalue weighted by atomic mass is 10.3. The summed E-state index contributed by atoms with van der Waals surface area (Å²) in [7, 11) is 0. The van der Waals surface area contributed by atoms with Crippen molar-refractivity contribution in [2.75, 3.05) is 44.3 Å². The fourth-order valence-corrected chi connectivity index (χ4v) is 4.64. The van der Waals surface area contributed by atoms with Gasteiger partial charge in [-0.2, -0.15) is 0 Å². The molecule has 0 N–H and O–H groups in total. The predicted octanol–water partition coefficient (Wildman–Crippen LogP) is 4.30. The number of thiophene rings is 1. The number of amides is 1. The Morgan fingerprint density at radius 3 is 2.83 bits per heavy atom. The summed E-state index contributed by atoms with van der Waals surface area (Å²) in [6, 6.07) is 8.78. The zero-order chi connectivity index (χ0) is 19.3. The zero-order valence-electron chi connectivity index (χ0n) is 15.6. The summed E-state index contributed by atoms with van der Waals surface area (Å²) in [6.07, 6.45) is 3.37. The second kappa shape index (κ2) is 10.3. The fraction of sp³-hybridized carbons (Fsp3) is 0.300. The molecule has 9 heteroatoms. The van der Waals surface area contributed by atoms with Crippen LogP contribution in [0.3, 0.4) is 0 Å². The molecule has 2 aromatic heterocycles. The maximum Gasteiger partial charge on any atom is 0.252 e. The van der Waals surface area contributed by atoms with Crippen LogP contribution in [0.1, 0.15) is 4.88 Å². The number of ether oxygens (including phenoxy) is 1. The van der Waals surface area contributed by atoms with Crippen LogP contribution < -0.4 is 4.90 Å². The molecule has 0 atom stereocenters. The number of fused-ring (bicyclic) bond motifs is 1. The molecule has 1 fully saturated rings. The van der Waals surface area contributed by atoms with Crippen molar-refractivity contribution in [3.8, 4) is 0 Å². The van der Waals surface area contributed by atoms with Gasteiger partial charge in [-0.05, 0) is 29.7 Å². The molecule has 0 unspecified atom stereocenters. The Hall–Kier alpha value is -1.84. The van der Waals surface area contributed by atoms with Gasteiger partial charge in [0.1, 0.15) is 11.3 Å². The largest absolute Gasteiger partial charge is 0.379 e. The molecule has 3 heterocycles. The normalized spacial score (nSPS) is 14.9. The molecule has 0 aliphatic carbocycles. The molecule has 4 rings (SSSR count). The van der Waals surface area contributed by atoms with E-state index in [1.54, 1.807) is 28.4 Å². The maximum atomic E-state index is 14.1. The van der Waals surface area contributed by atoms with Crippen molar-refractivity contribution in [2.24, 2.45) is 0 Å². The smallest absolute Gasteiger partial charge is 0.252 e. The summed E-state index contributed by atoms with van der Waals surface area (Å²) in [5.74, 6) is -0.518. The third-order valence-corrected chi connectivity index (χ3v) is 6.41. The molecular formula is C20H21ClFN3O2S2. The molecular weight excluding hydrogens is 433 g/mol. The Balaban J connectivity index is 0.00000240. The van der Waals surface area contributed by atoms with Gasteiger partial charge in [0.25, 0.3) is 5.91 Å². The van der Waals surface area contributed by atoms with Crippen molar-refractivity contribution in [3.05, 3.63) is 52.5 Å². The highest BCUT2D eigenvalue weighted by Crippen LogP contribution is 2.30. The fourth-order valence-electron chi connectivity index (χ4n) is 3.01. The van der Waals surface area contributed by atoms with Crippen molar-refractivity contribution >= 4 is 62.4 Å². The lowest BCUT2D eigenvalue weighted by Gasteiger charge is -2.28. The minimum absolute atomic E-state index is 0. The van der Waals surface area contributed by atoms with E-state index >= 15 is 0 Å². The van der Waals surface area contributed by atoms with Gasteiger partial charge in [0.2, 0.25) is 0 Å². The second-order valence-corrected chi connectivity index (χ2v) is 8.36. The van der Waals surface area contributed by atoms with E-state index in [0.29, 0.717) is 30.4 Å². The minimum Gasteiger partial charge on any atom is -0.379 e. The lowest BCUT2D eigenvalue weighted by molar-refractivity contribution is -0.114. The number of thiazole rings is 1. The van der Waals surface area contributed by atoms with Gasteiger partial charge in [0.05, 0.1) is 17.9 Å². The van der Waals surface area contributed by atoms with E-state index < -0.39 is 0 Å². The van der Waals surface area contributed by atoms with Crippen LogP contribution in [0.5, 0.6) is 0 Å². The SMILES string of the molecule is Cl.O=C(/C=C/c1cccs1)N(CCN1CCOCC1)c1nc2c(F)cccc2s1. The zero-order valence-corrected chi connectivity index (χ0v) is 18.1. The number of carbonyl (C=O) groups excluding carboxylic acids is 1. The molecule has 154 valence electrons. The van der Waals surface area contributed by atoms with Crippen LogP contribution in [0.15, 0.2) is 41.8 Å². The van der Waals surface area contributed by atoms with Crippen LogP contribution in [0.2, 0.25) is 0 Å². The van der Waals surface area contributed by atoms with Crippen LogP contribution >= 0.6 is 35.1 Å². The third-order valence-electron chi connectivity index (χ3n) is 4.53. The van der Waals surface area contributed by atoms with Gasteiger partial charge in [-0.15, -0.1) is 23.7 Å². The average Bonchev–Trinajstić information content (AvgIpc) is 3.38. The summed E-state index contributed by atoms with van der Waals surface area (Å²) in [5.41, 5.74) is 0.314. The van der Waals surface area contributed by atoms with Crippen molar-refractivity contribution in [2.45, 2.75) is 0 Å². The van der Waals surface area contributed by atoms with Gasteiger partial charge < -0.3 is 4.74 Å². The first-order valence-electron chi connectivity index (χ1n) is 9.09. The van der Waals surface area contributed by atoms with Gasteiger partial charge in [0, 0.05) is 37.1 Å². The molecule has 0 saturated carbocycles. The van der Waals surface area contributed by atoms with E-state index in [9.17, 15) is 9.18 Å². The standard InChI is InChI=1S/C20H20FN3O2S2.ClH/c21-16-4-1-5-17-19(16)22-20(28-17)24(9-8-23-10-12-26-13-11-23)18(25)7-6-15-3-2-14-27-15;/h1-7,14H,8-13H2;1H/b7-6+;. The van der Waals surface area contributed by atoms with Crippen LogP contribution in [0, 0.1) is 5.82 Å². The Morgan fingerprint density at radius 1 is 1.28 bits per heavy atom. The van der Waals surface area contributed by atoms with Crippen LogP contribution in [0.25, 0.3) is 16.3 Å². The van der Waals surface area contributed by atoms with Crippen LogP contribution in [-0.4, -0.2) is 55.2 Å². The summed E-state index contributed by atoms with van der Waals surface area (Å²) in [4.78, 5) is 22.3. The number of anilines is 1. The lowest BCUT2D eigenvalue weighted by Crippen LogP contribution is -2.42. The molecule has 0 radical (unpaired) electrons. The van der Waals surface area contributed by atoms with E-state index in [1.807, 2.05) is 29.7 Å². The highest BCUT2D eigenvalue weighted by atomic mass is 35.5. The van der Waals surface area contributed by atoms with Crippen molar-refractivity contribution in [1.82, 2.24) is 9.88 Å². The third kappa shape index (κ3) is 5.40. The molecule has 29 heavy (non-hydrogen) atoms. The Morgan fingerprint density at radius 2 is 2.10 bits per heavy atom. The van der Waals surface area contributed by atoms with E-state index in [4.69, 9.17) is 4.74 Å². The van der Waals surface area contributed by atoms with Gasteiger partial charge in [-0.1, -0.05) is 23.5 Å². The molecule has 0 spiro atoms. The molecule has 1 aliphatic heterocycles. The number of carbonyl (C=O) groups is 1. The minimum atomic E-state index is -0.366. The molecule has 0 bridgehead atoms. The number of morpholine rings is 1. The number of hydrogen-bond acceptors (Lipinski definition) is 6. The number of benzene rings is 1. The number of nitrogens with zero attached hydrogens (tertiary/aromatic N) is 3. The van der Waals surface area contributed by atoms with E-state index in [0.717, 1.165) is 29.2 Å². The van der Waals surface area contributed by atoms with Crippen molar-refractivity contribution in [3.63, 3.8) is 0 Å².